The average molecular weight is 138 g/mol. The van der Waals surface area contributed by atoms with Crippen molar-refractivity contribution >= 4 is 0 Å². The lowest BCUT2D eigenvalue weighted by Crippen LogP contribution is -1.92. The van der Waals surface area contributed by atoms with Crippen LogP contribution in [-0.2, 0) is 4.74 Å². The predicted octanol–water partition coefficient (Wildman–Crippen LogP) is 0.370. The first kappa shape index (κ1) is 8.88. The molecule has 2 nitrogen and oxygen atoms in total. The highest BCUT2D eigenvalue weighted by Crippen LogP contribution is 1.81. The van der Waals surface area contributed by atoms with Gasteiger partial charge in [0.2, 0.25) is 0 Å². The lowest BCUT2D eigenvalue weighted by molar-refractivity contribution is 0.180. The number of ether oxygens (including phenoxy) is 1. The molecular weight excluding hydrogens is 128 g/mol. The van der Waals surface area contributed by atoms with E-state index < -0.39 is 0 Å². The molecule has 0 amide bonds. The van der Waals surface area contributed by atoms with Gasteiger partial charge in [-0.05, 0) is 0 Å². The van der Waals surface area contributed by atoms with E-state index in [-0.39, 0.29) is 13.2 Å². The molecule has 1 N–H and O–H groups in total. The fourth-order valence-corrected chi connectivity index (χ4v) is 0.333. The molecule has 0 aliphatic heterocycles. The standard InChI is InChI=1S/C8H10O2/c1-2-3-4-5-7-10-8-6-9/h1,9H,3-4,6,8H2. The van der Waals surface area contributed by atoms with Crippen LogP contribution in [0.15, 0.2) is 0 Å². The smallest absolute Gasteiger partial charge is 0.123 e. The molecule has 0 rings (SSSR count). The van der Waals surface area contributed by atoms with Crippen LogP contribution in [0, 0.1) is 24.4 Å². The summed E-state index contributed by atoms with van der Waals surface area (Å²) < 4.78 is 4.65. The lowest BCUT2D eigenvalue weighted by atomic mass is 10.3. The van der Waals surface area contributed by atoms with Crippen LogP contribution in [0.2, 0.25) is 0 Å². The molecule has 54 valence electrons. The number of aliphatic hydroxyl groups is 1. The Morgan fingerprint density at radius 1 is 1.40 bits per heavy atom. The first-order valence-corrected chi connectivity index (χ1v) is 3.05. The first-order chi connectivity index (χ1) is 4.91. The highest BCUT2D eigenvalue weighted by molar-refractivity contribution is 4.96. The second-order valence-electron chi connectivity index (χ2n) is 1.56. The quantitative estimate of drug-likeness (QED) is 0.451. The summed E-state index contributed by atoms with van der Waals surface area (Å²) in [7, 11) is 0. The van der Waals surface area contributed by atoms with E-state index in [1.165, 1.54) is 0 Å². The molecule has 0 spiro atoms. The summed E-state index contributed by atoms with van der Waals surface area (Å²) in [6.07, 6.45) is 8.69. The monoisotopic (exact) mass is 138 g/mol. The zero-order valence-electron chi connectivity index (χ0n) is 5.76. The minimum absolute atomic E-state index is 0.00379. The van der Waals surface area contributed by atoms with E-state index in [4.69, 9.17) is 11.5 Å². The second-order valence-corrected chi connectivity index (χ2v) is 1.56. The molecular formula is C8H10O2. The van der Waals surface area contributed by atoms with Crippen molar-refractivity contribution in [1.29, 1.82) is 0 Å². The van der Waals surface area contributed by atoms with Crippen LogP contribution in [0.4, 0.5) is 0 Å². The van der Waals surface area contributed by atoms with Crippen molar-refractivity contribution < 1.29 is 9.84 Å². The van der Waals surface area contributed by atoms with Crippen molar-refractivity contribution in [1.82, 2.24) is 0 Å². The van der Waals surface area contributed by atoms with E-state index in [1.54, 1.807) is 0 Å². The Balaban J connectivity index is 3.08. The van der Waals surface area contributed by atoms with Crippen molar-refractivity contribution in [2.45, 2.75) is 12.8 Å². The minimum atomic E-state index is 0.00379. The summed E-state index contributed by atoms with van der Waals surface area (Å²) in [6.45, 7) is 0.271. The van der Waals surface area contributed by atoms with E-state index in [2.05, 4.69) is 22.7 Å². The molecule has 0 aliphatic carbocycles. The van der Waals surface area contributed by atoms with Crippen LogP contribution in [0.25, 0.3) is 0 Å². The number of hydrogen-bond acceptors (Lipinski definition) is 2. The SMILES string of the molecule is C#CCCC#COCCO. The molecule has 10 heavy (non-hydrogen) atoms. The summed E-state index contributed by atoms with van der Waals surface area (Å²) >= 11 is 0. The van der Waals surface area contributed by atoms with Crippen molar-refractivity contribution in [2.24, 2.45) is 0 Å². The van der Waals surface area contributed by atoms with E-state index in [0.29, 0.717) is 12.8 Å². The number of hydrogen-bond donors (Lipinski definition) is 1. The summed E-state index contributed by atoms with van der Waals surface area (Å²) in [6, 6.07) is 0. The lowest BCUT2D eigenvalue weighted by Gasteiger charge is -1.88. The Hall–Kier alpha value is -1.12. The van der Waals surface area contributed by atoms with Gasteiger partial charge in [-0.3, -0.25) is 0 Å². The van der Waals surface area contributed by atoms with Crippen LogP contribution in [-0.4, -0.2) is 18.3 Å². The summed E-state index contributed by atoms with van der Waals surface area (Å²) in [5.41, 5.74) is 0. The van der Waals surface area contributed by atoms with Gasteiger partial charge in [0, 0.05) is 12.8 Å². The molecule has 0 fully saturated rings. The highest BCUT2D eigenvalue weighted by atomic mass is 16.5. The third-order valence-corrected chi connectivity index (χ3v) is 0.732. The van der Waals surface area contributed by atoms with E-state index >= 15 is 0 Å². The molecule has 0 bridgehead atoms. The molecule has 0 saturated carbocycles. The van der Waals surface area contributed by atoms with E-state index in [9.17, 15) is 0 Å². The highest BCUT2D eigenvalue weighted by Gasteiger charge is 1.75. The summed E-state index contributed by atoms with van der Waals surface area (Å²) in [4.78, 5) is 0. The molecule has 0 aromatic heterocycles. The number of terminal acetylenes is 1. The second kappa shape index (κ2) is 7.88. The fraction of sp³-hybridized carbons (Fsp3) is 0.500. The maximum Gasteiger partial charge on any atom is 0.123 e. The Labute approximate surface area is 61.2 Å². The predicted molar refractivity (Wildman–Crippen MR) is 38.9 cm³/mol. The van der Waals surface area contributed by atoms with Crippen LogP contribution < -0.4 is 0 Å². The maximum atomic E-state index is 8.24. The number of rotatable bonds is 3. The van der Waals surface area contributed by atoms with Gasteiger partial charge < -0.3 is 9.84 Å². The van der Waals surface area contributed by atoms with Crippen molar-refractivity contribution in [3.63, 3.8) is 0 Å². The molecule has 0 atom stereocenters. The maximum absolute atomic E-state index is 8.24. The molecule has 0 saturated heterocycles. The molecule has 2 heteroatoms. The molecule has 0 heterocycles. The molecule has 0 aromatic carbocycles. The third-order valence-electron chi connectivity index (χ3n) is 0.732. The number of unbranched alkanes of at least 4 members (excludes halogenated alkanes) is 1. The summed E-state index contributed by atoms with van der Waals surface area (Å²) in [5, 5.41) is 8.24. The third kappa shape index (κ3) is 6.88. The fourth-order valence-electron chi connectivity index (χ4n) is 0.333. The minimum Gasteiger partial charge on any atom is -0.444 e. The Morgan fingerprint density at radius 2 is 2.20 bits per heavy atom. The van der Waals surface area contributed by atoms with Crippen LogP contribution >= 0.6 is 0 Å². The van der Waals surface area contributed by atoms with Gasteiger partial charge >= 0.3 is 0 Å². The van der Waals surface area contributed by atoms with Gasteiger partial charge in [-0.15, -0.1) is 12.3 Å². The molecule has 0 aliphatic rings. The van der Waals surface area contributed by atoms with Gasteiger partial charge in [0.1, 0.15) is 12.7 Å². The van der Waals surface area contributed by atoms with Crippen molar-refractivity contribution in [3.05, 3.63) is 0 Å². The zero-order chi connectivity index (χ0) is 7.66. The van der Waals surface area contributed by atoms with Gasteiger partial charge in [0.05, 0.1) is 6.61 Å². The van der Waals surface area contributed by atoms with Gasteiger partial charge in [-0.2, -0.15) is 0 Å². The van der Waals surface area contributed by atoms with Crippen molar-refractivity contribution in [3.8, 4) is 24.4 Å². The Morgan fingerprint density at radius 3 is 2.80 bits per heavy atom. The summed E-state index contributed by atoms with van der Waals surface area (Å²) in [5.74, 6) is 5.15. The van der Waals surface area contributed by atoms with Gasteiger partial charge in [0.15, 0.2) is 0 Å². The Kier molecular flexibility index (Phi) is 7.00. The van der Waals surface area contributed by atoms with Crippen LogP contribution in [0.3, 0.4) is 0 Å². The molecule has 0 radical (unpaired) electrons. The number of aliphatic hydroxyl groups excluding tert-OH is 1. The normalized spacial score (nSPS) is 7.20. The Bertz CT molecular complexity index is 156. The topological polar surface area (TPSA) is 29.5 Å². The average Bonchev–Trinajstić information content (AvgIpc) is 1.97. The van der Waals surface area contributed by atoms with Crippen molar-refractivity contribution in [2.75, 3.05) is 13.2 Å². The van der Waals surface area contributed by atoms with Gasteiger partial charge in [-0.25, -0.2) is 0 Å². The first-order valence-electron chi connectivity index (χ1n) is 3.05. The van der Waals surface area contributed by atoms with E-state index in [1.807, 2.05) is 0 Å². The molecule has 0 aromatic rings. The molecule has 0 unspecified atom stereocenters. The largest absolute Gasteiger partial charge is 0.444 e. The van der Waals surface area contributed by atoms with Crippen LogP contribution in [0.1, 0.15) is 12.8 Å². The zero-order valence-corrected chi connectivity index (χ0v) is 5.76. The van der Waals surface area contributed by atoms with E-state index in [0.717, 1.165) is 0 Å². The van der Waals surface area contributed by atoms with Gasteiger partial charge in [-0.1, -0.05) is 5.92 Å². The van der Waals surface area contributed by atoms with Gasteiger partial charge in [0.25, 0.3) is 0 Å². The van der Waals surface area contributed by atoms with Crippen LogP contribution in [0.5, 0.6) is 0 Å².